The molecule has 4 rings (SSSR count). The van der Waals surface area contributed by atoms with Crippen LogP contribution in [0.5, 0.6) is 0 Å². The average Bonchev–Trinajstić information content (AvgIpc) is 3.18. The minimum Gasteiger partial charge on any atom is -0.347 e. The fourth-order valence-electron chi connectivity index (χ4n) is 3.86. The normalized spacial score (nSPS) is 16.4. The van der Waals surface area contributed by atoms with Crippen molar-refractivity contribution in [1.82, 2.24) is 25.2 Å². The summed E-state index contributed by atoms with van der Waals surface area (Å²) in [6, 6.07) is 7.69. The summed E-state index contributed by atoms with van der Waals surface area (Å²) in [5, 5.41) is 8.30. The van der Waals surface area contributed by atoms with Crippen LogP contribution in [0.3, 0.4) is 0 Å². The molecule has 0 aliphatic carbocycles. The molecule has 9 heteroatoms. The SMILES string of the molecule is Cc1nonc1CC(=O)N1CCC[C@H](c2nc(N(C)C)ncc2-c2ccc(Cl)cc2)C1. The summed E-state index contributed by atoms with van der Waals surface area (Å²) in [6.45, 7) is 3.12. The highest BCUT2D eigenvalue weighted by Gasteiger charge is 2.29. The number of piperidine rings is 1. The van der Waals surface area contributed by atoms with E-state index in [1.165, 1.54) is 0 Å². The van der Waals surface area contributed by atoms with Crippen LogP contribution in [-0.2, 0) is 11.2 Å². The molecule has 1 aromatic carbocycles. The molecule has 1 aliphatic rings. The molecular formula is C22H25ClN6O2. The molecule has 162 valence electrons. The van der Waals surface area contributed by atoms with Crippen molar-refractivity contribution in [2.75, 3.05) is 32.1 Å². The minimum atomic E-state index is 0.0263. The van der Waals surface area contributed by atoms with E-state index in [9.17, 15) is 4.79 Å². The fourth-order valence-corrected chi connectivity index (χ4v) is 3.98. The van der Waals surface area contributed by atoms with E-state index in [-0.39, 0.29) is 18.2 Å². The van der Waals surface area contributed by atoms with Crippen LogP contribution in [0.2, 0.25) is 5.02 Å². The van der Waals surface area contributed by atoms with Gasteiger partial charge in [0, 0.05) is 49.9 Å². The summed E-state index contributed by atoms with van der Waals surface area (Å²) < 4.78 is 4.73. The van der Waals surface area contributed by atoms with Crippen LogP contribution < -0.4 is 4.90 Å². The van der Waals surface area contributed by atoms with E-state index in [1.807, 2.05) is 54.4 Å². The number of nitrogens with zero attached hydrogens (tertiary/aromatic N) is 6. The quantitative estimate of drug-likeness (QED) is 0.599. The van der Waals surface area contributed by atoms with Crippen molar-refractivity contribution >= 4 is 23.5 Å². The molecule has 1 fully saturated rings. The van der Waals surface area contributed by atoms with E-state index in [0.29, 0.717) is 28.9 Å². The molecule has 0 N–H and O–H groups in total. The number of benzene rings is 1. The van der Waals surface area contributed by atoms with Crippen molar-refractivity contribution in [3.8, 4) is 11.1 Å². The Kier molecular flexibility index (Phi) is 6.18. The van der Waals surface area contributed by atoms with Crippen LogP contribution in [0.4, 0.5) is 5.95 Å². The van der Waals surface area contributed by atoms with Crippen molar-refractivity contribution in [3.63, 3.8) is 0 Å². The molecule has 3 aromatic rings. The van der Waals surface area contributed by atoms with Crippen molar-refractivity contribution in [1.29, 1.82) is 0 Å². The number of amides is 1. The van der Waals surface area contributed by atoms with Crippen LogP contribution in [0, 0.1) is 6.92 Å². The lowest BCUT2D eigenvalue weighted by Crippen LogP contribution is -2.40. The number of aryl methyl sites for hydroxylation is 1. The zero-order valence-corrected chi connectivity index (χ0v) is 18.6. The molecule has 3 heterocycles. The summed E-state index contributed by atoms with van der Waals surface area (Å²) in [5.41, 5.74) is 4.18. The molecule has 0 unspecified atom stereocenters. The maximum Gasteiger partial charge on any atom is 0.228 e. The highest BCUT2D eigenvalue weighted by molar-refractivity contribution is 6.30. The Labute approximate surface area is 186 Å². The molecule has 0 saturated carbocycles. The highest BCUT2D eigenvalue weighted by Crippen LogP contribution is 2.34. The molecule has 8 nitrogen and oxygen atoms in total. The number of carbonyl (C=O) groups is 1. The number of hydrogen-bond donors (Lipinski definition) is 0. The number of anilines is 1. The van der Waals surface area contributed by atoms with Gasteiger partial charge in [-0.3, -0.25) is 4.79 Å². The first-order chi connectivity index (χ1) is 14.9. The van der Waals surface area contributed by atoms with Gasteiger partial charge < -0.3 is 9.80 Å². The van der Waals surface area contributed by atoms with Crippen molar-refractivity contribution in [2.24, 2.45) is 0 Å². The largest absolute Gasteiger partial charge is 0.347 e. The van der Waals surface area contributed by atoms with Gasteiger partial charge in [-0.2, -0.15) is 0 Å². The number of rotatable bonds is 5. The van der Waals surface area contributed by atoms with Crippen LogP contribution in [0.1, 0.15) is 35.8 Å². The standard InChI is InChI=1S/C22H25ClN6O2/c1-14-19(27-31-26-14)11-20(30)29-10-4-5-16(13-29)21-18(12-24-22(25-21)28(2)3)15-6-8-17(23)9-7-15/h6-9,12,16H,4-5,10-11,13H2,1-3H3/t16-/m0/s1. The minimum absolute atomic E-state index is 0.0263. The first kappa shape index (κ1) is 21.2. The van der Waals surface area contributed by atoms with Gasteiger partial charge in [-0.1, -0.05) is 34.0 Å². The van der Waals surface area contributed by atoms with E-state index in [4.69, 9.17) is 21.2 Å². The molecule has 2 aromatic heterocycles. The van der Waals surface area contributed by atoms with E-state index in [0.717, 1.165) is 36.2 Å². The lowest BCUT2D eigenvalue weighted by atomic mass is 9.89. The molecule has 0 spiro atoms. The summed E-state index contributed by atoms with van der Waals surface area (Å²) >= 11 is 6.08. The molecule has 0 bridgehead atoms. The van der Waals surface area contributed by atoms with Crippen LogP contribution in [-0.4, -0.2) is 58.3 Å². The number of hydrogen-bond acceptors (Lipinski definition) is 7. The Morgan fingerprint density at radius 3 is 2.71 bits per heavy atom. The third kappa shape index (κ3) is 4.69. The highest BCUT2D eigenvalue weighted by atomic mass is 35.5. The van der Waals surface area contributed by atoms with Crippen LogP contribution >= 0.6 is 11.6 Å². The second-order valence-corrected chi connectivity index (χ2v) is 8.46. The Morgan fingerprint density at radius 1 is 1.26 bits per heavy atom. The second-order valence-electron chi connectivity index (χ2n) is 8.02. The molecule has 1 amide bonds. The van der Waals surface area contributed by atoms with Gasteiger partial charge in [0.25, 0.3) is 0 Å². The Morgan fingerprint density at radius 2 is 2.03 bits per heavy atom. The Bertz CT molecular complexity index is 1070. The lowest BCUT2D eigenvalue weighted by molar-refractivity contribution is -0.131. The van der Waals surface area contributed by atoms with Gasteiger partial charge >= 0.3 is 0 Å². The third-order valence-electron chi connectivity index (χ3n) is 5.59. The maximum atomic E-state index is 12.9. The smallest absolute Gasteiger partial charge is 0.228 e. The first-order valence-electron chi connectivity index (χ1n) is 10.3. The molecule has 1 atom stereocenters. The molecule has 1 aliphatic heterocycles. The number of halogens is 1. The Hall–Kier alpha value is -3.00. The summed E-state index contributed by atoms with van der Waals surface area (Å²) in [5.74, 6) is 0.792. The third-order valence-corrected chi connectivity index (χ3v) is 5.84. The fraction of sp³-hybridized carbons (Fsp3) is 0.409. The van der Waals surface area contributed by atoms with Gasteiger partial charge in [-0.15, -0.1) is 0 Å². The van der Waals surface area contributed by atoms with Gasteiger partial charge in [-0.25, -0.2) is 14.6 Å². The molecule has 0 radical (unpaired) electrons. The van der Waals surface area contributed by atoms with E-state index in [1.54, 1.807) is 6.92 Å². The van der Waals surface area contributed by atoms with Gasteiger partial charge in [0.2, 0.25) is 11.9 Å². The number of carbonyl (C=O) groups excluding carboxylic acids is 1. The van der Waals surface area contributed by atoms with Crippen LogP contribution in [0.15, 0.2) is 35.1 Å². The zero-order valence-electron chi connectivity index (χ0n) is 17.9. The number of aromatic nitrogens is 4. The van der Waals surface area contributed by atoms with E-state index in [2.05, 4.69) is 15.3 Å². The average molecular weight is 441 g/mol. The molecule has 1 saturated heterocycles. The lowest BCUT2D eigenvalue weighted by Gasteiger charge is -2.33. The zero-order chi connectivity index (χ0) is 22.0. The van der Waals surface area contributed by atoms with Gasteiger partial charge in [-0.05, 0) is 37.5 Å². The van der Waals surface area contributed by atoms with E-state index < -0.39 is 0 Å². The topological polar surface area (TPSA) is 88.2 Å². The predicted molar refractivity (Wildman–Crippen MR) is 118 cm³/mol. The summed E-state index contributed by atoms with van der Waals surface area (Å²) in [7, 11) is 3.85. The second kappa shape index (κ2) is 9.01. The molecular weight excluding hydrogens is 416 g/mol. The first-order valence-corrected chi connectivity index (χ1v) is 10.7. The van der Waals surface area contributed by atoms with Gasteiger partial charge in [0.1, 0.15) is 11.4 Å². The van der Waals surface area contributed by atoms with Crippen molar-refractivity contribution < 1.29 is 9.42 Å². The van der Waals surface area contributed by atoms with Crippen LogP contribution in [0.25, 0.3) is 11.1 Å². The van der Waals surface area contributed by atoms with Crippen molar-refractivity contribution in [3.05, 3.63) is 52.6 Å². The summed E-state index contributed by atoms with van der Waals surface area (Å²) in [6.07, 6.45) is 3.93. The van der Waals surface area contributed by atoms with Crippen molar-refractivity contribution in [2.45, 2.75) is 32.1 Å². The Balaban J connectivity index is 1.62. The number of likely N-dealkylation sites (tertiary alicyclic amines) is 1. The maximum absolute atomic E-state index is 12.9. The van der Waals surface area contributed by atoms with Gasteiger partial charge in [0.15, 0.2) is 0 Å². The molecule has 31 heavy (non-hydrogen) atoms. The summed E-state index contributed by atoms with van der Waals surface area (Å²) in [4.78, 5) is 26.1. The predicted octanol–water partition coefficient (Wildman–Crippen LogP) is 3.50. The monoisotopic (exact) mass is 440 g/mol. The van der Waals surface area contributed by atoms with Gasteiger partial charge in [0.05, 0.1) is 12.1 Å². The van der Waals surface area contributed by atoms with E-state index >= 15 is 0 Å².